The first-order valence-corrected chi connectivity index (χ1v) is 6.47. The third kappa shape index (κ3) is 4.32. The highest BCUT2D eigenvalue weighted by Crippen LogP contribution is 2.13. The van der Waals surface area contributed by atoms with Crippen molar-refractivity contribution in [3.8, 4) is 6.07 Å². The fraction of sp³-hybridized carbons (Fsp3) is 0.125. The molecular weight excluding hydrogens is 269 g/mol. The highest BCUT2D eigenvalue weighted by Gasteiger charge is 2.05. The van der Waals surface area contributed by atoms with E-state index < -0.39 is 0 Å². The molecule has 0 aliphatic heterocycles. The van der Waals surface area contributed by atoms with Crippen LogP contribution in [0.2, 0.25) is 0 Å². The van der Waals surface area contributed by atoms with Crippen molar-refractivity contribution in [2.45, 2.75) is 6.42 Å². The number of amides is 2. The van der Waals surface area contributed by atoms with Crippen molar-refractivity contribution in [2.75, 3.05) is 11.9 Å². The number of para-hydroxylation sites is 1. The fourth-order valence-electron chi connectivity index (χ4n) is 1.83. The van der Waals surface area contributed by atoms with Crippen LogP contribution in [0.15, 0.2) is 48.5 Å². The Labute approximate surface area is 122 Å². The highest BCUT2D eigenvalue weighted by atomic mass is 19.1. The summed E-state index contributed by atoms with van der Waals surface area (Å²) in [5.41, 5.74) is 1.82. The van der Waals surface area contributed by atoms with Crippen LogP contribution in [0.3, 0.4) is 0 Å². The van der Waals surface area contributed by atoms with E-state index in [1.807, 2.05) is 6.07 Å². The molecule has 0 unspecified atom stereocenters. The second-order valence-corrected chi connectivity index (χ2v) is 4.41. The predicted octanol–water partition coefficient (Wildman–Crippen LogP) is 3.06. The first-order chi connectivity index (χ1) is 10.2. The lowest BCUT2D eigenvalue weighted by Gasteiger charge is -2.08. The first-order valence-electron chi connectivity index (χ1n) is 6.47. The Kier molecular flexibility index (Phi) is 4.89. The molecule has 0 radical (unpaired) electrons. The molecule has 0 bridgehead atoms. The fourth-order valence-corrected chi connectivity index (χ4v) is 1.83. The number of hydrogen-bond acceptors (Lipinski definition) is 2. The van der Waals surface area contributed by atoms with Crippen LogP contribution in [-0.2, 0) is 6.42 Å². The summed E-state index contributed by atoms with van der Waals surface area (Å²) < 4.78 is 12.7. The predicted molar refractivity (Wildman–Crippen MR) is 78.3 cm³/mol. The second-order valence-electron chi connectivity index (χ2n) is 4.41. The molecule has 2 amide bonds. The van der Waals surface area contributed by atoms with Crippen molar-refractivity contribution in [3.63, 3.8) is 0 Å². The molecule has 21 heavy (non-hydrogen) atoms. The number of anilines is 1. The normalized spacial score (nSPS) is 9.71. The topological polar surface area (TPSA) is 64.9 Å². The number of halogens is 1. The zero-order valence-corrected chi connectivity index (χ0v) is 11.3. The Balaban J connectivity index is 1.82. The van der Waals surface area contributed by atoms with Gasteiger partial charge in [-0.05, 0) is 36.2 Å². The summed E-state index contributed by atoms with van der Waals surface area (Å²) in [4.78, 5) is 11.7. The van der Waals surface area contributed by atoms with E-state index in [1.54, 1.807) is 36.4 Å². The number of nitriles is 1. The van der Waals surface area contributed by atoms with E-state index in [-0.39, 0.29) is 11.8 Å². The number of hydrogen-bond donors (Lipinski definition) is 2. The maximum Gasteiger partial charge on any atom is 0.319 e. The van der Waals surface area contributed by atoms with Crippen LogP contribution in [0.25, 0.3) is 0 Å². The van der Waals surface area contributed by atoms with E-state index in [1.165, 1.54) is 12.1 Å². The van der Waals surface area contributed by atoms with Crippen molar-refractivity contribution < 1.29 is 9.18 Å². The molecule has 2 N–H and O–H groups in total. The minimum atomic E-state index is -0.375. The average Bonchev–Trinajstić information content (AvgIpc) is 2.50. The zero-order chi connectivity index (χ0) is 15.1. The van der Waals surface area contributed by atoms with E-state index in [0.29, 0.717) is 24.2 Å². The Morgan fingerprint density at radius 2 is 1.86 bits per heavy atom. The summed E-state index contributed by atoms with van der Waals surface area (Å²) in [7, 11) is 0. The number of nitrogens with zero attached hydrogens (tertiary/aromatic N) is 1. The molecule has 0 spiro atoms. The summed E-state index contributed by atoms with van der Waals surface area (Å²) in [6, 6.07) is 14.5. The number of urea groups is 1. The molecule has 4 nitrogen and oxygen atoms in total. The third-order valence-corrected chi connectivity index (χ3v) is 2.91. The molecule has 0 fully saturated rings. The van der Waals surface area contributed by atoms with Crippen LogP contribution in [0.4, 0.5) is 14.9 Å². The second kappa shape index (κ2) is 7.06. The lowest BCUT2D eigenvalue weighted by atomic mass is 10.1. The summed E-state index contributed by atoms with van der Waals surface area (Å²) in [6.45, 7) is 0.423. The van der Waals surface area contributed by atoms with E-state index in [9.17, 15) is 9.18 Å². The number of carbonyl (C=O) groups is 1. The summed E-state index contributed by atoms with van der Waals surface area (Å²) in [5, 5.41) is 14.2. The molecule has 0 heterocycles. The van der Waals surface area contributed by atoms with Crippen molar-refractivity contribution in [1.29, 1.82) is 5.26 Å². The largest absolute Gasteiger partial charge is 0.338 e. The molecule has 2 rings (SSSR count). The Hall–Kier alpha value is -2.87. The van der Waals surface area contributed by atoms with Gasteiger partial charge in [-0.15, -0.1) is 0 Å². The molecular formula is C16H14FN3O. The summed E-state index contributed by atoms with van der Waals surface area (Å²) >= 11 is 0. The van der Waals surface area contributed by atoms with Crippen molar-refractivity contribution in [3.05, 3.63) is 65.5 Å². The standard InChI is InChI=1S/C16H14FN3O/c17-14-7-5-12(6-8-14)9-10-19-16(21)20-15-4-2-1-3-13(15)11-18/h1-8H,9-10H2,(H2,19,20,21). The SMILES string of the molecule is N#Cc1ccccc1NC(=O)NCCc1ccc(F)cc1. The number of rotatable bonds is 4. The van der Waals surface area contributed by atoms with Gasteiger partial charge in [0.05, 0.1) is 11.3 Å². The van der Waals surface area contributed by atoms with Gasteiger partial charge in [-0.2, -0.15) is 5.26 Å². The quantitative estimate of drug-likeness (QED) is 0.905. The molecule has 0 atom stereocenters. The molecule has 2 aromatic carbocycles. The van der Waals surface area contributed by atoms with Gasteiger partial charge in [0.2, 0.25) is 0 Å². The van der Waals surface area contributed by atoms with Crippen molar-refractivity contribution >= 4 is 11.7 Å². The third-order valence-electron chi connectivity index (χ3n) is 2.91. The number of benzene rings is 2. The zero-order valence-electron chi connectivity index (χ0n) is 11.3. The van der Waals surface area contributed by atoms with Crippen LogP contribution in [0, 0.1) is 17.1 Å². The maximum atomic E-state index is 12.7. The molecule has 0 aliphatic rings. The summed E-state index contributed by atoms with van der Waals surface area (Å²) in [6.07, 6.45) is 0.605. The summed E-state index contributed by atoms with van der Waals surface area (Å²) in [5.74, 6) is -0.280. The number of nitrogens with one attached hydrogen (secondary N) is 2. The van der Waals surface area contributed by atoms with Crippen molar-refractivity contribution in [1.82, 2.24) is 5.32 Å². The average molecular weight is 283 g/mol. The van der Waals surface area contributed by atoms with Gasteiger partial charge in [0.1, 0.15) is 11.9 Å². The highest BCUT2D eigenvalue weighted by molar-refractivity contribution is 5.90. The van der Waals surface area contributed by atoms with E-state index in [4.69, 9.17) is 5.26 Å². The van der Waals surface area contributed by atoms with E-state index in [0.717, 1.165) is 5.56 Å². The van der Waals surface area contributed by atoms with Gasteiger partial charge in [0.15, 0.2) is 0 Å². The molecule has 0 aliphatic carbocycles. The molecule has 106 valence electrons. The van der Waals surface area contributed by atoms with Crippen LogP contribution >= 0.6 is 0 Å². The van der Waals surface area contributed by atoms with Gasteiger partial charge >= 0.3 is 6.03 Å². The van der Waals surface area contributed by atoms with Gasteiger partial charge in [-0.1, -0.05) is 24.3 Å². The minimum Gasteiger partial charge on any atom is -0.338 e. The van der Waals surface area contributed by atoms with Gasteiger partial charge in [-0.25, -0.2) is 9.18 Å². The minimum absolute atomic E-state index is 0.280. The van der Waals surface area contributed by atoms with E-state index in [2.05, 4.69) is 10.6 Å². The first kappa shape index (κ1) is 14.5. The van der Waals surface area contributed by atoms with Gasteiger partial charge in [0.25, 0.3) is 0 Å². The molecule has 0 aromatic heterocycles. The van der Waals surface area contributed by atoms with Gasteiger partial charge < -0.3 is 10.6 Å². The van der Waals surface area contributed by atoms with Crippen LogP contribution in [-0.4, -0.2) is 12.6 Å². The number of carbonyl (C=O) groups excluding carboxylic acids is 1. The lowest BCUT2D eigenvalue weighted by Crippen LogP contribution is -2.30. The maximum absolute atomic E-state index is 12.7. The monoisotopic (exact) mass is 283 g/mol. The molecule has 5 heteroatoms. The Morgan fingerprint density at radius 3 is 2.57 bits per heavy atom. The smallest absolute Gasteiger partial charge is 0.319 e. The lowest BCUT2D eigenvalue weighted by molar-refractivity contribution is 0.252. The van der Waals surface area contributed by atoms with Crippen LogP contribution in [0.1, 0.15) is 11.1 Å². The van der Waals surface area contributed by atoms with Crippen LogP contribution < -0.4 is 10.6 Å². The van der Waals surface area contributed by atoms with E-state index >= 15 is 0 Å². The van der Waals surface area contributed by atoms with Gasteiger partial charge in [-0.3, -0.25) is 0 Å². The van der Waals surface area contributed by atoms with Gasteiger partial charge in [0, 0.05) is 6.54 Å². The van der Waals surface area contributed by atoms with Crippen molar-refractivity contribution in [2.24, 2.45) is 0 Å². The van der Waals surface area contributed by atoms with Crippen LogP contribution in [0.5, 0.6) is 0 Å². The Morgan fingerprint density at radius 1 is 1.14 bits per heavy atom. The molecule has 2 aromatic rings. The molecule has 0 saturated heterocycles. The molecule has 0 saturated carbocycles. The Bertz CT molecular complexity index is 662.